The molecule has 3 heteroatoms. The van der Waals surface area contributed by atoms with Crippen LogP contribution in [0.15, 0.2) is 54.6 Å². The number of aromatic hydroxyl groups is 1. The topological polar surface area (TPSA) is 49.7 Å². The predicted molar refractivity (Wildman–Crippen MR) is 67.0 cm³/mol. The Morgan fingerprint density at radius 2 is 1.53 bits per heavy atom. The first kappa shape index (κ1) is 13.1. The molecule has 0 heterocycles. The van der Waals surface area contributed by atoms with Crippen LogP contribution in [0, 0.1) is 0 Å². The molecule has 2 N–H and O–H groups in total. The normalized spacial score (nSPS) is 9.06. The number of ether oxygens (including phenoxy) is 1. The summed E-state index contributed by atoms with van der Waals surface area (Å²) >= 11 is 0. The van der Waals surface area contributed by atoms with Crippen LogP contribution in [0.25, 0.3) is 0 Å². The van der Waals surface area contributed by atoms with Crippen molar-refractivity contribution in [3.05, 3.63) is 60.2 Å². The van der Waals surface area contributed by atoms with Crippen molar-refractivity contribution in [2.45, 2.75) is 6.61 Å². The summed E-state index contributed by atoms with van der Waals surface area (Å²) in [6.45, 7) is 0.140. The second kappa shape index (κ2) is 7.30. The Bertz CT molecular complexity index is 409. The summed E-state index contributed by atoms with van der Waals surface area (Å²) in [5.41, 5.74) is 0.965. The summed E-state index contributed by atoms with van der Waals surface area (Å²) in [5.74, 6) is 1.02. The van der Waals surface area contributed by atoms with Gasteiger partial charge in [0.1, 0.15) is 11.5 Å². The van der Waals surface area contributed by atoms with Crippen molar-refractivity contribution in [1.82, 2.24) is 0 Å². The lowest BCUT2D eigenvalue weighted by Gasteiger charge is -1.96. The molecular formula is C14H16O3. The van der Waals surface area contributed by atoms with Crippen LogP contribution >= 0.6 is 0 Å². The van der Waals surface area contributed by atoms with Gasteiger partial charge in [-0.1, -0.05) is 30.3 Å². The molecule has 3 nitrogen and oxygen atoms in total. The van der Waals surface area contributed by atoms with Gasteiger partial charge in [-0.2, -0.15) is 0 Å². The molecule has 0 amide bonds. The average molecular weight is 232 g/mol. The third-order valence-electron chi connectivity index (χ3n) is 2.10. The van der Waals surface area contributed by atoms with Crippen molar-refractivity contribution in [2.24, 2.45) is 0 Å². The number of benzene rings is 2. The Balaban J connectivity index is 0.000000171. The monoisotopic (exact) mass is 232 g/mol. The van der Waals surface area contributed by atoms with E-state index in [1.54, 1.807) is 31.4 Å². The number of phenolic OH excluding ortho intramolecular Hbond substituents is 1. The lowest BCUT2D eigenvalue weighted by Crippen LogP contribution is -1.79. The van der Waals surface area contributed by atoms with Gasteiger partial charge < -0.3 is 14.9 Å². The molecule has 0 saturated heterocycles. The Morgan fingerprint density at radius 3 is 1.94 bits per heavy atom. The van der Waals surface area contributed by atoms with Gasteiger partial charge in [0, 0.05) is 0 Å². The molecule has 2 aromatic rings. The molecule has 0 radical (unpaired) electrons. The molecule has 0 aliphatic heterocycles. The van der Waals surface area contributed by atoms with Gasteiger partial charge in [0.15, 0.2) is 0 Å². The maximum atomic E-state index is 8.80. The van der Waals surface area contributed by atoms with E-state index in [0.29, 0.717) is 0 Å². The molecule has 0 aliphatic carbocycles. The zero-order valence-electron chi connectivity index (χ0n) is 9.71. The van der Waals surface area contributed by atoms with Crippen LogP contribution in [0.1, 0.15) is 5.56 Å². The van der Waals surface area contributed by atoms with Gasteiger partial charge in [-0.15, -0.1) is 0 Å². The van der Waals surface area contributed by atoms with E-state index >= 15 is 0 Å². The molecule has 0 spiro atoms. The van der Waals surface area contributed by atoms with Crippen LogP contribution in [0.4, 0.5) is 0 Å². The van der Waals surface area contributed by atoms with Gasteiger partial charge in [0.05, 0.1) is 13.7 Å². The summed E-state index contributed by atoms with van der Waals surface area (Å²) in [6.07, 6.45) is 0. The molecule has 0 bridgehead atoms. The lowest BCUT2D eigenvalue weighted by atomic mass is 10.2. The van der Waals surface area contributed by atoms with Crippen molar-refractivity contribution < 1.29 is 14.9 Å². The Morgan fingerprint density at radius 1 is 0.941 bits per heavy atom. The second-order valence-corrected chi connectivity index (χ2v) is 3.34. The zero-order chi connectivity index (χ0) is 12.5. The van der Waals surface area contributed by atoms with E-state index in [1.165, 1.54) is 0 Å². The van der Waals surface area contributed by atoms with E-state index in [0.717, 1.165) is 11.3 Å². The van der Waals surface area contributed by atoms with Gasteiger partial charge in [-0.25, -0.2) is 0 Å². The van der Waals surface area contributed by atoms with Crippen molar-refractivity contribution in [3.63, 3.8) is 0 Å². The quantitative estimate of drug-likeness (QED) is 0.836. The number of rotatable bonds is 2. The average Bonchev–Trinajstić information content (AvgIpc) is 2.41. The molecule has 0 saturated carbocycles. The molecule has 0 atom stereocenters. The number of hydrogen-bond donors (Lipinski definition) is 2. The van der Waals surface area contributed by atoms with Gasteiger partial charge in [0.25, 0.3) is 0 Å². The smallest absolute Gasteiger partial charge is 0.119 e. The van der Waals surface area contributed by atoms with Crippen LogP contribution in [-0.2, 0) is 6.61 Å². The fourth-order valence-corrected chi connectivity index (χ4v) is 1.17. The predicted octanol–water partition coefficient (Wildman–Crippen LogP) is 2.58. The molecule has 0 fully saturated rings. The van der Waals surface area contributed by atoms with Crippen LogP contribution in [0.5, 0.6) is 11.5 Å². The third kappa shape index (κ3) is 5.04. The molecule has 0 aromatic heterocycles. The summed E-state index contributed by atoms with van der Waals surface area (Å²) in [4.78, 5) is 0. The SMILES string of the molecule is COc1ccc(O)cc1.OCc1ccccc1. The summed E-state index contributed by atoms with van der Waals surface area (Å²) in [5, 5.41) is 17.3. The summed E-state index contributed by atoms with van der Waals surface area (Å²) in [7, 11) is 1.59. The van der Waals surface area contributed by atoms with Gasteiger partial charge in [-0.05, 0) is 29.8 Å². The highest BCUT2D eigenvalue weighted by atomic mass is 16.5. The van der Waals surface area contributed by atoms with Crippen LogP contribution < -0.4 is 4.74 Å². The van der Waals surface area contributed by atoms with E-state index in [4.69, 9.17) is 14.9 Å². The van der Waals surface area contributed by atoms with Crippen LogP contribution in [-0.4, -0.2) is 17.3 Å². The first-order valence-corrected chi connectivity index (χ1v) is 5.24. The highest BCUT2D eigenvalue weighted by Gasteiger charge is 1.87. The molecule has 17 heavy (non-hydrogen) atoms. The number of methoxy groups -OCH3 is 1. The molecule has 90 valence electrons. The van der Waals surface area contributed by atoms with Crippen LogP contribution in [0.3, 0.4) is 0 Å². The van der Waals surface area contributed by atoms with Gasteiger partial charge in [-0.3, -0.25) is 0 Å². The van der Waals surface area contributed by atoms with E-state index in [2.05, 4.69) is 0 Å². The number of aliphatic hydroxyl groups excluding tert-OH is 1. The minimum atomic E-state index is 0.140. The van der Waals surface area contributed by atoms with Gasteiger partial charge >= 0.3 is 0 Å². The first-order valence-electron chi connectivity index (χ1n) is 5.24. The fraction of sp³-hybridized carbons (Fsp3) is 0.143. The van der Waals surface area contributed by atoms with Crippen molar-refractivity contribution in [3.8, 4) is 11.5 Å². The molecule has 2 aromatic carbocycles. The maximum Gasteiger partial charge on any atom is 0.119 e. The highest BCUT2D eigenvalue weighted by Crippen LogP contribution is 2.14. The van der Waals surface area contributed by atoms with E-state index in [1.807, 2.05) is 30.3 Å². The summed E-state index contributed by atoms with van der Waals surface area (Å²) < 4.78 is 4.86. The number of phenols is 1. The van der Waals surface area contributed by atoms with E-state index in [9.17, 15) is 0 Å². The standard InChI is InChI=1S/C7H8O2.C7H8O/c1-9-7-4-2-6(8)3-5-7;8-6-7-4-2-1-3-5-7/h2-5,8H,1H3;1-5,8H,6H2. The summed E-state index contributed by atoms with van der Waals surface area (Å²) in [6, 6.07) is 16.1. The molecule has 0 aliphatic rings. The second-order valence-electron chi connectivity index (χ2n) is 3.34. The molecule has 2 rings (SSSR count). The van der Waals surface area contributed by atoms with E-state index < -0.39 is 0 Å². The van der Waals surface area contributed by atoms with E-state index in [-0.39, 0.29) is 12.4 Å². The van der Waals surface area contributed by atoms with Crippen LogP contribution in [0.2, 0.25) is 0 Å². The molecular weight excluding hydrogens is 216 g/mol. The minimum Gasteiger partial charge on any atom is -0.508 e. The van der Waals surface area contributed by atoms with Gasteiger partial charge in [0.2, 0.25) is 0 Å². The lowest BCUT2D eigenvalue weighted by molar-refractivity contribution is 0.282. The van der Waals surface area contributed by atoms with Crippen molar-refractivity contribution >= 4 is 0 Å². The Labute approximate surface area is 101 Å². The van der Waals surface area contributed by atoms with Crippen molar-refractivity contribution in [1.29, 1.82) is 0 Å². The number of hydrogen-bond acceptors (Lipinski definition) is 3. The fourth-order valence-electron chi connectivity index (χ4n) is 1.17. The first-order chi connectivity index (χ1) is 8.26. The zero-order valence-corrected chi connectivity index (χ0v) is 9.71. The van der Waals surface area contributed by atoms with Crippen molar-refractivity contribution in [2.75, 3.05) is 7.11 Å². The number of aliphatic hydroxyl groups is 1. The largest absolute Gasteiger partial charge is 0.508 e. The minimum absolute atomic E-state index is 0.140. The third-order valence-corrected chi connectivity index (χ3v) is 2.10. The maximum absolute atomic E-state index is 8.80. The molecule has 0 unspecified atom stereocenters. The Kier molecular flexibility index (Phi) is 5.61. The highest BCUT2D eigenvalue weighted by molar-refractivity contribution is 5.29. The Hall–Kier alpha value is -2.00.